The van der Waals surface area contributed by atoms with Crippen LogP contribution in [0.2, 0.25) is 0 Å². The Morgan fingerprint density at radius 2 is 1.09 bits per heavy atom. The Kier molecular flexibility index (Phi) is 6.75. The lowest BCUT2D eigenvalue weighted by atomic mass is 9.98. The van der Waals surface area contributed by atoms with Crippen molar-refractivity contribution in [3.8, 4) is 50.7 Å². The Hall–Kier alpha value is -7.44. The van der Waals surface area contributed by atoms with Gasteiger partial charge in [0, 0.05) is 32.8 Å². The van der Waals surface area contributed by atoms with Crippen molar-refractivity contribution in [3.05, 3.63) is 176 Å². The molecule has 6 nitrogen and oxygen atoms in total. The van der Waals surface area contributed by atoms with Gasteiger partial charge in [0.2, 0.25) is 0 Å². The van der Waals surface area contributed by atoms with Crippen LogP contribution in [0.3, 0.4) is 0 Å². The molecule has 0 saturated carbocycles. The molecule has 0 aliphatic carbocycles. The first-order valence-electron chi connectivity index (χ1n) is 18.0. The van der Waals surface area contributed by atoms with E-state index in [-0.39, 0.29) is 0 Å². The topological polar surface area (TPSA) is 69.6 Å². The van der Waals surface area contributed by atoms with Crippen LogP contribution >= 0.6 is 0 Å². The zero-order chi connectivity index (χ0) is 35.6. The van der Waals surface area contributed by atoms with E-state index in [1.807, 2.05) is 66.7 Å². The van der Waals surface area contributed by atoms with Crippen LogP contribution in [0.4, 0.5) is 0 Å². The molecule has 0 amide bonds. The van der Waals surface area contributed by atoms with Crippen LogP contribution in [-0.4, -0.2) is 25.0 Å². The van der Waals surface area contributed by atoms with E-state index in [0.717, 1.165) is 99.4 Å². The van der Waals surface area contributed by atoms with Crippen molar-refractivity contribution in [1.29, 1.82) is 0 Å². The predicted molar refractivity (Wildman–Crippen MR) is 218 cm³/mol. The molecule has 0 aliphatic heterocycles. The lowest BCUT2D eigenvalue weighted by Gasteiger charge is -2.12. The normalized spacial score (nSPS) is 11.7. The molecule has 0 atom stereocenters. The third-order valence-electron chi connectivity index (χ3n) is 10.3. The van der Waals surface area contributed by atoms with Gasteiger partial charge in [-0.25, -0.2) is 9.97 Å². The average Bonchev–Trinajstić information content (AvgIpc) is 3.86. The van der Waals surface area contributed by atoms with Gasteiger partial charge in [-0.1, -0.05) is 115 Å². The number of hydrogen-bond acceptors (Lipinski definition) is 5. The molecule has 0 N–H and O–H groups in total. The molecule has 0 radical (unpaired) electrons. The highest BCUT2D eigenvalue weighted by molar-refractivity contribution is 6.18. The fraction of sp³-hybridized carbons (Fsp3) is 0. The Balaban J connectivity index is 1.09. The fourth-order valence-electron chi connectivity index (χ4n) is 7.59. The van der Waals surface area contributed by atoms with Crippen molar-refractivity contribution >= 4 is 54.5 Å². The summed E-state index contributed by atoms with van der Waals surface area (Å²) in [5, 5.41) is 16.3. The van der Waals surface area contributed by atoms with Crippen LogP contribution in [0.25, 0.3) is 105 Å². The van der Waals surface area contributed by atoms with Crippen molar-refractivity contribution in [2.75, 3.05) is 0 Å². The third kappa shape index (κ3) is 5.04. The van der Waals surface area contributed by atoms with Gasteiger partial charge in [-0.05, 0) is 87.9 Å². The van der Waals surface area contributed by atoms with Crippen LogP contribution < -0.4 is 0 Å². The summed E-state index contributed by atoms with van der Waals surface area (Å²) in [5.74, 6) is 0.653. The Bertz CT molecular complexity index is 3220. The van der Waals surface area contributed by atoms with E-state index in [9.17, 15) is 0 Å². The second-order valence-electron chi connectivity index (χ2n) is 13.6. The molecule has 54 heavy (non-hydrogen) atoms. The molecule has 0 fully saturated rings. The van der Waals surface area contributed by atoms with E-state index in [1.165, 1.54) is 0 Å². The van der Waals surface area contributed by atoms with Crippen molar-refractivity contribution in [3.63, 3.8) is 0 Å². The van der Waals surface area contributed by atoms with Crippen LogP contribution in [0.5, 0.6) is 0 Å². The number of benzene rings is 8. The maximum Gasteiger partial charge on any atom is 0.160 e. The van der Waals surface area contributed by atoms with Gasteiger partial charge in [-0.3, -0.25) is 0 Å². The molecule has 0 unspecified atom stereocenters. The second kappa shape index (κ2) is 12.1. The quantitative estimate of drug-likeness (QED) is 0.168. The molecular formula is C48H29N5O. The van der Waals surface area contributed by atoms with Gasteiger partial charge in [0.25, 0.3) is 0 Å². The first kappa shape index (κ1) is 30.2. The van der Waals surface area contributed by atoms with Crippen LogP contribution in [0.1, 0.15) is 0 Å². The number of hydrogen-bond donors (Lipinski definition) is 0. The average molecular weight is 692 g/mol. The van der Waals surface area contributed by atoms with E-state index in [1.54, 1.807) is 4.80 Å². The van der Waals surface area contributed by atoms with E-state index in [4.69, 9.17) is 24.6 Å². The summed E-state index contributed by atoms with van der Waals surface area (Å²) in [6, 6.07) is 60.6. The van der Waals surface area contributed by atoms with Crippen LogP contribution in [0, 0.1) is 0 Å². The number of furan rings is 1. The number of aromatic nitrogens is 5. The molecule has 3 heterocycles. The largest absolute Gasteiger partial charge is 0.456 e. The highest BCUT2D eigenvalue weighted by Crippen LogP contribution is 2.37. The monoisotopic (exact) mass is 691 g/mol. The maximum absolute atomic E-state index is 6.16. The van der Waals surface area contributed by atoms with E-state index < -0.39 is 0 Å². The highest BCUT2D eigenvalue weighted by Gasteiger charge is 2.16. The van der Waals surface area contributed by atoms with Gasteiger partial charge in [-0.15, -0.1) is 10.2 Å². The van der Waals surface area contributed by atoms with Gasteiger partial charge < -0.3 is 4.42 Å². The highest BCUT2D eigenvalue weighted by atomic mass is 16.3. The molecule has 0 saturated heterocycles. The minimum absolute atomic E-state index is 0.653. The zero-order valence-electron chi connectivity index (χ0n) is 28.9. The van der Waals surface area contributed by atoms with Crippen LogP contribution in [0.15, 0.2) is 180 Å². The van der Waals surface area contributed by atoms with Gasteiger partial charge in [-0.2, -0.15) is 4.80 Å². The lowest BCUT2D eigenvalue weighted by molar-refractivity contribution is 0.669. The van der Waals surface area contributed by atoms with Crippen molar-refractivity contribution in [2.45, 2.75) is 0 Å². The Morgan fingerprint density at radius 1 is 0.407 bits per heavy atom. The molecular weight excluding hydrogens is 663 g/mol. The fourth-order valence-corrected chi connectivity index (χ4v) is 7.59. The molecule has 252 valence electrons. The molecule has 3 aromatic heterocycles. The van der Waals surface area contributed by atoms with Crippen molar-refractivity contribution in [1.82, 2.24) is 25.0 Å². The molecule has 0 spiro atoms. The molecule has 11 aromatic rings. The molecule has 0 bridgehead atoms. The van der Waals surface area contributed by atoms with E-state index in [0.29, 0.717) is 5.82 Å². The number of fused-ring (bicyclic) bond motifs is 8. The summed E-state index contributed by atoms with van der Waals surface area (Å²) in [4.78, 5) is 12.2. The minimum atomic E-state index is 0.653. The second-order valence-corrected chi connectivity index (χ2v) is 13.6. The summed E-state index contributed by atoms with van der Waals surface area (Å²) in [7, 11) is 0. The standard InChI is InChI=1S/C48H29N5O/c1-3-10-30(11-4-1)32-12-9-13-34(26-32)42-29-43(35-22-25-45-40(28-35)39-16-7-8-17-44(39)54-45)50-48(49-42)36-20-23-38-33(27-36)19-18-31-21-24-41-47(46(31)38)52-53(51-41)37-14-5-2-6-15-37/h1-29H. The minimum Gasteiger partial charge on any atom is -0.456 e. The lowest BCUT2D eigenvalue weighted by Crippen LogP contribution is -1.97. The van der Waals surface area contributed by atoms with Gasteiger partial charge in [0.1, 0.15) is 22.2 Å². The third-order valence-corrected chi connectivity index (χ3v) is 10.3. The number of rotatable bonds is 5. The molecule has 0 aliphatic rings. The van der Waals surface area contributed by atoms with E-state index >= 15 is 0 Å². The predicted octanol–water partition coefficient (Wildman–Crippen LogP) is 12.1. The summed E-state index contributed by atoms with van der Waals surface area (Å²) in [6.45, 7) is 0. The Labute approximate surface area is 309 Å². The van der Waals surface area contributed by atoms with Crippen molar-refractivity contribution < 1.29 is 4.42 Å². The summed E-state index contributed by atoms with van der Waals surface area (Å²) in [6.07, 6.45) is 0. The van der Waals surface area contributed by atoms with Gasteiger partial charge in [0.15, 0.2) is 5.82 Å². The number of nitrogens with zero attached hydrogens (tertiary/aromatic N) is 5. The first-order valence-corrected chi connectivity index (χ1v) is 18.0. The smallest absolute Gasteiger partial charge is 0.160 e. The zero-order valence-corrected chi connectivity index (χ0v) is 28.9. The van der Waals surface area contributed by atoms with Crippen LogP contribution in [-0.2, 0) is 0 Å². The van der Waals surface area contributed by atoms with Gasteiger partial charge in [0.05, 0.1) is 17.1 Å². The Morgan fingerprint density at radius 3 is 1.96 bits per heavy atom. The van der Waals surface area contributed by atoms with Gasteiger partial charge >= 0.3 is 0 Å². The molecule has 8 aromatic carbocycles. The number of para-hydroxylation sites is 2. The molecule has 11 rings (SSSR count). The maximum atomic E-state index is 6.16. The first-order chi connectivity index (χ1) is 26.7. The SMILES string of the molecule is c1ccc(-c2cccc(-c3cc(-c4ccc5oc6ccccc6c5c4)nc(-c4ccc5c(ccc6ccc7nn(-c8ccccc8)nc7c65)c4)n3)c2)cc1. The summed E-state index contributed by atoms with van der Waals surface area (Å²) in [5.41, 5.74) is 11.3. The molecule has 6 heteroatoms. The summed E-state index contributed by atoms with van der Waals surface area (Å²) < 4.78 is 6.16. The summed E-state index contributed by atoms with van der Waals surface area (Å²) >= 11 is 0. The van der Waals surface area contributed by atoms with E-state index in [2.05, 4.69) is 109 Å². The van der Waals surface area contributed by atoms with Crippen molar-refractivity contribution in [2.24, 2.45) is 0 Å².